The molecular formula is C21H28N6O2. The van der Waals surface area contributed by atoms with Crippen molar-refractivity contribution < 1.29 is 9.47 Å². The zero-order chi connectivity index (χ0) is 19.5. The molecule has 8 heteroatoms. The summed E-state index contributed by atoms with van der Waals surface area (Å²) in [6.07, 6.45) is 6.83. The van der Waals surface area contributed by atoms with E-state index in [1.807, 2.05) is 6.07 Å². The van der Waals surface area contributed by atoms with Gasteiger partial charge in [-0.15, -0.1) is 5.10 Å². The van der Waals surface area contributed by atoms with Crippen LogP contribution in [0.5, 0.6) is 11.5 Å². The minimum Gasteiger partial charge on any atom is -0.454 e. The molecule has 1 aromatic carbocycles. The molecule has 0 saturated carbocycles. The van der Waals surface area contributed by atoms with Crippen molar-refractivity contribution in [2.24, 2.45) is 0 Å². The molecular weight excluding hydrogens is 368 g/mol. The summed E-state index contributed by atoms with van der Waals surface area (Å²) < 4.78 is 10.9. The lowest BCUT2D eigenvalue weighted by Crippen LogP contribution is -2.46. The third-order valence-electron chi connectivity index (χ3n) is 5.96. The molecule has 5 rings (SSSR count). The maximum absolute atomic E-state index is 5.50. The first-order chi connectivity index (χ1) is 14.3. The van der Waals surface area contributed by atoms with Crippen molar-refractivity contribution in [1.29, 1.82) is 0 Å². The van der Waals surface area contributed by atoms with Gasteiger partial charge >= 0.3 is 0 Å². The topological polar surface area (TPSA) is 66.9 Å². The Morgan fingerprint density at radius 1 is 0.828 bits per heavy atom. The van der Waals surface area contributed by atoms with Crippen molar-refractivity contribution in [3.63, 3.8) is 0 Å². The first kappa shape index (κ1) is 18.4. The van der Waals surface area contributed by atoms with Crippen LogP contribution in [0.1, 0.15) is 31.2 Å². The highest BCUT2D eigenvalue weighted by Gasteiger charge is 2.21. The van der Waals surface area contributed by atoms with E-state index in [0.29, 0.717) is 6.79 Å². The smallest absolute Gasteiger partial charge is 0.247 e. The van der Waals surface area contributed by atoms with Crippen LogP contribution in [0.25, 0.3) is 0 Å². The summed E-state index contributed by atoms with van der Waals surface area (Å²) in [4.78, 5) is 11.9. The van der Waals surface area contributed by atoms with E-state index in [2.05, 4.69) is 37.0 Å². The maximum atomic E-state index is 5.50. The molecule has 2 aromatic rings. The highest BCUT2D eigenvalue weighted by molar-refractivity contribution is 5.45. The van der Waals surface area contributed by atoms with Crippen LogP contribution in [0.2, 0.25) is 0 Å². The number of hydrogen-bond acceptors (Lipinski definition) is 8. The fourth-order valence-electron chi connectivity index (χ4n) is 4.28. The Morgan fingerprint density at radius 2 is 1.62 bits per heavy atom. The number of anilines is 2. The molecule has 0 N–H and O–H groups in total. The van der Waals surface area contributed by atoms with Crippen molar-refractivity contribution in [3.8, 4) is 11.5 Å². The van der Waals surface area contributed by atoms with Crippen LogP contribution in [0.3, 0.4) is 0 Å². The average Bonchev–Trinajstić information content (AvgIpc) is 3.06. The average molecular weight is 396 g/mol. The molecule has 0 unspecified atom stereocenters. The highest BCUT2D eigenvalue weighted by Crippen LogP contribution is 2.33. The lowest BCUT2D eigenvalue weighted by Gasteiger charge is -2.35. The van der Waals surface area contributed by atoms with Gasteiger partial charge in [-0.1, -0.05) is 18.9 Å². The van der Waals surface area contributed by atoms with Gasteiger partial charge in [0.1, 0.15) is 0 Å². The second-order valence-corrected chi connectivity index (χ2v) is 7.97. The summed E-state index contributed by atoms with van der Waals surface area (Å²) in [5, 5.41) is 8.56. The predicted octanol–water partition coefficient (Wildman–Crippen LogP) is 2.30. The first-order valence-corrected chi connectivity index (χ1v) is 10.7. The molecule has 2 saturated heterocycles. The van der Waals surface area contributed by atoms with Crippen molar-refractivity contribution in [1.82, 2.24) is 20.1 Å². The van der Waals surface area contributed by atoms with Crippen molar-refractivity contribution >= 4 is 11.8 Å². The fraction of sp³-hybridized carbons (Fsp3) is 0.571. The third kappa shape index (κ3) is 4.22. The minimum atomic E-state index is 0.323. The van der Waals surface area contributed by atoms with Crippen LogP contribution >= 0.6 is 0 Å². The maximum Gasteiger partial charge on any atom is 0.247 e. The first-order valence-electron chi connectivity index (χ1n) is 10.7. The molecule has 29 heavy (non-hydrogen) atoms. The minimum absolute atomic E-state index is 0.323. The van der Waals surface area contributed by atoms with E-state index in [1.165, 1.54) is 31.2 Å². The summed E-state index contributed by atoms with van der Waals surface area (Å²) >= 11 is 0. The predicted molar refractivity (Wildman–Crippen MR) is 111 cm³/mol. The van der Waals surface area contributed by atoms with E-state index in [1.54, 1.807) is 6.20 Å². The van der Waals surface area contributed by atoms with E-state index >= 15 is 0 Å². The Kier molecular flexibility index (Phi) is 5.34. The second-order valence-electron chi connectivity index (χ2n) is 7.97. The molecule has 0 amide bonds. The number of fused-ring (bicyclic) bond motifs is 1. The van der Waals surface area contributed by atoms with Gasteiger partial charge < -0.3 is 19.3 Å². The van der Waals surface area contributed by atoms with Crippen LogP contribution in [0.4, 0.5) is 11.8 Å². The molecule has 2 fully saturated rings. The number of hydrogen-bond donors (Lipinski definition) is 0. The van der Waals surface area contributed by atoms with Gasteiger partial charge in [0.25, 0.3) is 0 Å². The van der Waals surface area contributed by atoms with Crippen molar-refractivity contribution in [3.05, 3.63) is 30.0 Å². The molecule has 154 valence electrons. The van der Waals surface area contributed by atoms with Gasteiger partial charge in [0, 0.05) is 45.8 Å². The number of rotatable bonds is 4. The zero-order valence-electron chi connectivity index (χ0n) is 16.8. The monoisotopic (exact) mass is 396 g/mol. The van der Waals surface area contributed by atoms with Gasteiger partial charge in [-0.05, 0) is 30.5 Å². The molecule has 3 aliphatic rings. The van der Waals surface area contributed by atoms with Gasteiger partial charge in [-0.25, -0.2) is 0 Å². The van der Waals surface area contributed by atoms with Crippen LogP contribution in [0, 0.1) is 0 Å². The van der Waals surface area contributed by atoms with Gasteiger partial charge in [-0.3, -0.25) is 4.90 Å². The molecule has 0 radical (unpaired) electrons. The van der Waals surface area contributed by atoms with Gasteiger partial charge in [-0.2, -0.15) is 10.1 Å². The van der Waals surface area contributed by atoms with Crippen LogP contribution in [0.15, 0.2) is 24.4 Å². The van der Waals surface area contributed by atoms with E-state index < -0.39 is 0 Å². The van der Waals surface area contributed by atoms with Crippen LogP contribution < -0.4 is 19.3 Å². The number of aromatic nitrogens is 3. The standard InChI is InChI=1S/C21H28N6O2/c1-2-4-8-27(7-3-1)21-23-20(14-22-24-21)26-11-9-25(10-12-26)15-17-5-6-18-19(13-17)29-16-28-18/h5-6,13-14H,1-4,7-12,15-16H2. The van der Waals surface area contributed by atoms with Gasteiger partial charge in [0.2, 0.25) is 12.7 Å². The fourth-order valence-corrected chi connectivity index (χ4v) is 4.28. The van der Waals surface area contributed by atoms with E-state index in [-0.39, 0.29) is 0 Å². The highest BCUT2D eigenvalue weighted by atomic mass is 16.7. The summed E-state index contributed by atoms with van der Waals surface area (Å²) in [5.74, 6) is 3.43. The summed E-state index contributed by atoms with van der Waals surface area (Å²) in [5.41, 5.74) is 1.26. The van der Waals surface area contributed by atoms with E-state index in [9.17, 15) is 0 Å². The Morgan fingerprint density at radius 3 is 2.45 bits per heavy atom. The Balaban J connectivity index is 1.19. The summed E-state index contributed by atoms with van der Waals surface area (Å²) in [6, 6.07) is 6.23. The molecule has 0 spiro atoms. The zero-order valence-corrected chi connectivity index (χ0v) is 16.8. The Labute approximate surface area is 171 Å². The molecule has 0 bridgehead atoms. The number of ether oxygens (including phenoxy) is 2. The van der Waals surface area contributed by atoms with Gasteiger partial charge in [0.05, 0.1) is 6.20 Å². The normalized spacial score (nSPS) is 20.0. The van der Waals surface area contributed by atoms with Crippen molar-refractivity contribution in [2.45, 2.75) is 32.2 Å². The van der Waals surface area contributed by atoms with E-state index in [4.69, 9.17) is 14.5 Å². The lowest BCUT2D eigenvalue weighted by molar-refractivity contribution is 0.174. The van der Waals surface area contributed by atoms with Crippen LogP contribution in [-0.4, -0.2) is 66.1 Å². The number of nitrogens with zero attached hydrogens (tertiary/aromatic N) is 6. The van der Waals surface area contributed by atoms with Crippen LogP contribution in [-0.2, 0) is 6.54 Å². The summed E-state index contributed by atoms with van der Waals surface area (Å²) in [6.45, 7) is 7.21. The molecule has 8 nitrogen and oxygen atoms in total. The molecule has 4 heterocycles. The Bertz CT molecular complexity index is 832. The molecule has 0 atom stereocenters. The second kappa shape index (κ2) is 8.41. The van der Waals surface area contributed by atoms with Crippen molar-refractivity contribution in [2.75, 3.05) is 55.9 Å². The van der Waals surface area contributed by atoms with E-state index in [0.717, 1.165) is 69.1 Å². The number of piperazine rings is 1. The number of benzene rings is 1. The lowest BCUT2D eigenvalue weighted by atomic mass is 10.1. The molecule has 3 aliphatic heterocycles. The largest absolute Gasteiger partial charge is 0.454 e. The third-order valence-corrected chi connectivity index (χ3v) is 5.96. The molecule has 0 aliphatic carbocycles. The van der Waals surface area contributed by atoms with Gasteiger partial charge in [0.15, 0.2) is 17.3 Å². The quantitative estimate of drug-likeness (QED) is 0.780. The SMILES string of the molecule is c1cc2c(cc1CN1CCN(c3cnnc(N4CCCCCC4)n3)CC1)OCO2. The molecule has 1 aromatic heterocycles. The summed E-state index contributed by atoms with van der Waals surface area (Å²) in [7, 11) is 0. The Hall–Kier alpha value is -2.61.